The second-order valence-electron chi connectivity index (χ2n) is 5.65. The first-order valence-electron chi connectivity index (χ1n) is 8.37. The van der Waals surface area contributed by atoms with Crippen LogP contribution in [0.4, 0.5) is 0 Å². The molecule has 3 aromatic rings. The van der Waals surface area contributed by atoms with Crippen molar-refractivity contribution in [2.24, 2.45) is 0 Å². The number of ether oxygens (including phenoxy) is 3. The van der Waals surface area contributed by atoms with Crippen LogP contribution in [0.5, 0.6) is 11.5 Å². The van der Waals surface area contributed by atoms with Crippen LogP contribution in [0.2, 0.25) is 0 Å². The number of benzene rings is 3. The molecule has 0 aromatic heterocycles. The Morgan fingerprint density at radius 3 is 1.92 bits per heavy atom. The van der Waals surface area contributed by atoms with Gasteiger partial charge in [-0.25, -0.2) is 0 Å². The van der Waals surface area contributed by atoms with Crippen molar-refractivity contribution >= 4 is 5.78 Å². The van der Waals surface area contributed by atoms with Crippen molar-refractivity contribution in [1.82, 2.24) is 0 Å². The van der Waals surface area contributed by atoms with Crippen molar-refractivity contribution in [3.8, 4) is 11.5 Å². The highest BCUT2D eigenvalue weighted by atomic mass is 16.7. The molecular formula is C22H20O4. The van der Waals surface area contributed by atoms with Crippen LogP contribution in [0.3, 0.4) is 0 Å². The molecule has 3 rings (SSSR count). The molecule has 0 saturated heterocycles. The quantitative estimate of drug-likeness (QED) is 0.324. The molecule has 0 radical (unpaired) electrons. The topological polar surface area (TPSA) is 44.8 Å². The van der Waals surface area contributed by atoms with Crippen molar-refractivity contribution in [3.63, 3.8) is 0 Å². The summed E-state index contributed by atoms with van der Waals surface area (Å²) in [4.78, 5) is 12.0. The normalized spacial score (nSPS) is 10.3. The molecule has 0 N–H and O–H groups in total. The van der Waals surface area contributed by atoms with E-state index in [4.69, 9.17) is 14.2 Å². The summed E-state index contributed by atoms with van der Waals surface area (Å²) in [6, 6.07) is 26.1. The van der Waals surface area contributed by atoms with Crippen LogP contribution in [0, 0.1) is 0 Å². The van der Waals surface area contributed by atoms with Gasteiger partial charge in [-0.15, -0.1) is 0 Å². The van der Waals surface area contributed by atoms with E-state index in [-0.39, 0.29) is 19.2 Å². The molecule has 0 aliphatic rings. The highest BCUT2D eigenvalue weighted by molar-refractivity contribution is 5.97. The van der Waals surface area contributed by atoms with Crippen LogP contribution in [-0.4, -0.2) is 19.2 Å². The Hall–Kier alpha value is -3.11. The van der Waals surface area contributed by atoms with Gasteiger partial charge in [-0.2, -0.15) is 0 Å². The number of carbonyl (C=O) groups excluding carboxylic acids is 1. The number of ketones is 1. The third kappa shape index (κ3) is 5.46. The van der Waals surface area contributed by atoms with Gasteiger partial charge >= 0.3 is 0 Å². The van der Waals surface area contributed by atoms with E-state index in [1.165, 1.54) is 0 Å². The molecule has 0 saturated carbocycles. The molecular weight excluding hydrogens is 328 g/mol. The summed E-state index contributed by atoms with van der Waals surface area (Å²) in [6.45, 7) is 0.676. The van der Waals surface area contributed by atoms with Crippen molar-refractivity contribution in [3.05, 3.63) is 96.1 Å². The smallest absolute Gasteiger partial charge is 0.200 e. The first-order valence-corrected chi connectivity index (χ1v) is 8.37. The fourth-order valence-corrected chi connectivity index (χ4v) is 2.33. The zero-order chi connectivity index (χ0) is 18.0. The van der Waals surface area contributed by atoms with Gasteiger partial charge in [0.2, 0.25) is 0 Å². The number of rotatable bonds is 9. The lowest BCUT2D eigenvalue weighted by Crippen LogP contribution is -2.11. The summed E-state index contributed by atoms with van der Waals surface area (Å²) in [5, 5.41) is 0. The summed E-state index contributed by atoms with van der Waals surface area (Å²) in [5.41, 5.74) is 1.74. The Kier molecular flexibility index (Phi) is 6.40. The molecule has 0 atom stereocenters. The summed E-state index contributed by atoms with van der Waals surface area (Å²) in [7, 11) is 0. The molecule has 0 amide bonds. The van der Waals surface area contributed by atoms with Crippen molar-refractivity contribution in [2.75, 3.05) is 13.4 Å². The van der Waals surface area contributed by atoms with Crippen LogP contribution in [0.25, 0.3) is 0 Å². The van der Waals surface area contributed by atoms with Gasteiger partial charge in [-0.3, -0.25) is 4.79 Å². The molecule has 4 nitrogen and oxygen atoms in total. The number of carbonyl (C=O) groups is 1. The predicted octanol–water partition coefficient (Wildman–Crippen LogP) is 4.50. The lowest BCUT2D eigenvalue weighted by Gasteiger charge is -2.09. The van der Waals surface area contributed by atoms with Gasteiger partial charge in [-0.1, -0.05) is 60.7 Å². The molecule has 0 bridgehead atoms. The van der Waals surface area contributed by atoms with Gasteiger partial charge in [0.1, 0.15) is 11.5 Å². The molecule has 0 heterocycles. The van der Waals surface area contributed by atoms with E-state index in [0.717, 1.165) is 5.56 Å². The van der Waals surface area contributed by atoms with Crippen molar-refractivity contribution in [2.45, 2.75) is 6.61 Å². The van der Waals surface area contributed by atoms with Crippen LogP contribution in [0.1, 0.15) is 15.9 Å². The monoisotopic (exact) mass is 348 g/mol. The Morgan fingerprint density at radius 2 is 1.27 bits per heavy atom. The Labute approximate surface area is 153 Å². The summed E-state index contributed by atoms with van der Waals surface area (Å²) in [6.07, 6.45) is 0. The molecule has 0 spiro atoms. The van der Waals surface area contributed by atoms with Gasteiger partial charge in [0.25, 0.3) is 0 Å². The molecule has 132 valence electrons. The van der Waals surface area contributed by atoms with E-state index in [9.17, 15) is 4.79 Å². The third-order valence-corrected chi connectivity index (χ3v) is 3.71. The van der Waals surface area contributed by atoms with Crippen LogP contribution >= 0.6 is 0 Å². The maximum absolute atomic E-state index is 12.0. The summed E-state index contributed by atoms with van der Waals surface area (Å²) < 4.78 is 16.5. The van der Waals surface area contributed by atoms with Gasteiger partial charge in [0.15, 0.2) is 19.2 Å². The minimum Gasteiger partial charge on any atom is -0.485 e. The highest BCUT2D eigenvalue weighted by Crippen LogP contribution is 2.18. The van der Waals surface area contributed by atoms with Gasteiger partial charge in [-0.05, 0) is 29.8 Å². The number of hydrogen-bond donors (Lipinski definition) is 0. The molecule has 0 unspecified atom stereocenters. The Morgan fingerprint density at radius 1 is 0.692 bits per heavy atom. The molecule has 0 aliphatic heterocycles. The second kappa shape index (κ2) is 9.39. The van der Waals surface area contributed by atoms with E-state index in [2.05, 4.69) is 0 Å². The number of hydrogen-bond acceptors (Lipinski definition) is 4. The molecule has 3 aromatic carbocycles. The average molecular weight is 348 g/mol. The fourth-order valence-electron chi connectivity index (χ4n) is 2.33. The fraction of sp³-hybridized carbons (Fsp3) is 0.136. The zero-order valence-electron chi connectivity index (χ0n) is 14.3. The van der Waals surface area contributed by atoms with E-state index >= 15 is 0 Å². The lowest BCUT2D eigenvalue weighted by molar-refractivity contribution is 0.00502. The number of Topliss-reactive ketones (excluding diaryl/α,β-unsaturated/α-hetero) is 1. The predicted molar refractivity (Wildman–Crippen MR) is 99.4 cm³/mol. The van der Waals surface area contributed by atoms with Gasteiger partial charge in [0, 0.05) is 5.56 Å². The summed E-state index contributed by atoms with van der Waals surface area (Å²) in [5.74, 6) is 1.24. The Balaban J connectivity index is 1.40. The van der Waals surface area contributed by atoms with E-state index in [1.807, 2.05) is 48.5 Å². The van der Waals surface area contributed by atoms with Crippen LogP contribution < -0.4 is 9.47 Å². The van der Waals surface area contributed by atoms with Crippen LogP contribution in [0.15, 0.2) is 84.9 Å². The van der Waals surface area contributed by atoms with E-state index in [0.29, 0.717) is 23.7 Å². The van der Waals surface area contributed by atoms with Crippen molar-refractivity contribution in [1.29, 1.82) is 0 Å². The molecule has 26 heavy (non-hydrogen) atoms. The third-order valence-electron chi connectivity index (χ3n) is 3.71. The first-order chi connectivity index (χ1) is 12.8. The largest absolute Gasteiger partial charge is 0.485 e. The standard InChI is InChI=1S/C22H20O4/c23-22(19-9-5-2-6-10-19)16-25-20-11-13-21(14-12-20)26-17-24-15-18-7-3-1-4-8-18/h1-14H,15-17H2. The van der Waals surface area contributed by atoms with E-state index < -0.39 is 0 Å². The molecule has 4 heteroatoms. The molecule has 0 fully saturated rings. The zero-order valence-corrected chi connectivity index (χ0v) is 14.3. The van der Waals surface area contributed by atoms with Crippen LogP contribution in [-0.2, 0) is 11.3 Å². The second-order valence-corrected chi connectivity index (χ2v) is 5.65. The summed E-state index contributed by atoms with van der Waals surface area (Å²) >= 11 is 0. The van der Waals surface area contributed by atoms with Crippen molar-refractivity contribution < 1.29 is 19.0 Å². The van der Waals surface area contributed by atoms with Gasteiger partial charge in [0.05, 0.1) is 6.61 Å². The Bertz CT molecular complexity index is 799. The highest BCUT2D eigenvalue weighted by Gasteiger charge is 2.06. The van der Waals surface area contributed by atoms with E-state index in [1.54, 1.807) is 36.4 Å². The minimum absolute atomic E-state index is 0.00437. The molecule has 0 aliphatic carbocycles. The maximum atomic E-state index is 12.0. The van der Waals surface area contributed by atoms with Gasteiger partial charge < -0.3 is 14.2 Å². The average Bonchev–Trinajstić information content (AvgIpc) is 2.72. The minimum atomic E-state index is -0.0553. The first kappa shape index (κ1) is 17.7. The lowest BCUT2D eigenvalue weighted by atomic mass is 10.1. The SMILES string of the molecule is O=C(COc1ccc(OCOCc2ccccc2)cc1)c1ccccc1. The maximum Gasteiger partial charge on any atom is 0.200 e.